The van der Waals surface area contributed by atoms with Gasteiger partial charge in [-0.2, -0.15) is 0 Å². The van der Waals surface area contributed by atoms with Crippen LogP contribution in [0.4, 0.5) is 4.39 Å². The monoisotopic (exact) mass is 499 g/mol. The maximum Gasteiger partial charge on any atom is 0.202 e. The molecule has 4 aromatic rings. The molecule has 1 unspecified atom stereocenters. The van der Waals surface area contributed by atoms with Gasteiger partial charge in [-0.15, -0.1) is 0 Å². The van der Waals surface area contributed by atoms with Crippen molar-refractivity contribution in [2.45, 2.75) is 26.5 Å². The highest BCUT2D eigenvalue weighted by molar-refractivity contribution is 6.09. The predicted octanol–water partition coefficient (Wildman–Crippen LogP) is 5.58. The second-order valence-electron chi connectivity index (χ2n) is 8.97. The minimum Gasteiger partial charge on any atom is -0.486 e. The van der Waals surface area contributed by atoms with Crippen LogP contribution in [0.15, 0.2) is 78.9 Å². The number of para-hydroxylation sites is 2. The minimum absolute atomic E-state index is 0.133. The standard InChI is InChI=1S/C30H26FNO5/c1-19-15-26(20(2)32(19)16-25-17-36-28-5-3-4-6-29(28)37-25)27(33)18-35-24-13-9-22(10-14-24)30(34)21-7-11-23(31)12-8-21/h3-15,25H,16-18H2,1-2H3. The number of halogens is 1. The zero-order chi connectivity index (χ0) is 25.9. The molecule has 0 saturated carbocycles. The van der Waals surface area contributed by atoms with Crippen LogP contribution in [0.1, 0.15) is 37.7 Å². The van der Waals surface area contributed by atoms with Gasteiger partial charge in [-0.05, 0) is 80.6 Å². The lowest BCUT2D eigenvalue weighted by atomic mass is 10.0. The number of nitrogens with zero attached hydrogens (tertiary/aromatic N) is 1. The second kappa shape index (κ2) is 10.3. The summed E-state index contributed by atoms with van der Waals surface area (Å²) in [5.74, 6) is 1.18. The van der Waals surface area contributed by atoms with Crippen molar-refractivity contribution in [1.82, 2.24) is 4.57 Å². The zero-order valence-electron chi connectivity index (χ0n) is 20.6. The summed E-state index contributed by atoms with van der Waals surface area (Å²) in [5, 5.41) is 0. The largest absolute Gasteiger partial charge is 0.486 e. The molecule has 7 heteroatoms. The predicted molar refractivity (Wildman–Crippen MR) is 136 cm³/mol. The molecule has 0 amide bonds. The first-order chi connectivity index (χ1) is 17.9. The lowest BCUT2D eigenvalue weighted by Crippen LogP contribution is -2.33. The highest BCUT2D eigenvalue weighted by atomic mass is 19.1. The normalized spacial score (nSPS) is 14.3. The molecule has 3 aromatic carbocycles. The molecule has 1 aliphatic heterocycles. The maximum atomic E-state index is 13.1. The Balaban J connectivity index is 1.20. The van der Waals surface area contributed by atoms with E-state index in [2.05, 4.69) is 4.57 Å². The van der Waals surface area contributed by atoms with E-state index in [4.69, 9.17) is 14.2 Å². The molecule has 0 spiro atoms. The van der Waals surface area contributed by atoms with E-state index in [1.807, 2.05) is 44.2 Å². The molecule has 2 heterocycles. The van der Waals surface area contributed by atoms with Crippen LogP contribution in [0.2, 0.25) is 0 Å². The molecule has 0 radical (unpaired) electrons. The molecule has 1 atom stereocenters. The van der Waals surface area contributed by atoms with E-state index < -0.39 is 5.82 Å². The van der Waals surface area contributed by atoms with Crippen LogP contribution in [0, 0.1) is 19.7 Å². The third-order valence-corrected chi connectivity index (χ3v) is 6.42. The number of rotatable bonds is 8. The molecule has 0 bridgehead atoms. The average molecular weight is 500 g/mol. The number of ketones is 2. The summed E-state index contributed by atoms with van der Waals surface area (Å²) in [5.41, 5.74) is 3.24. The lowest BCUT2D eigenvalue weighted by Gasteiger charge is -2.27. The van der Waals surface area contributed by atoms with E-state index in [1.54, 1.807) is 24.3 Å². The van der Waals surface area contributed by atoms with E-state index in [0.29, 0.717) is 35.6 Å². The lowest BCUT2D eigenvalue weighted by molar-refractivity contribution is 0.0777. The van der Waals surface area contributed by atoms with Crippen molar-refractivity contribution in [2.75, 3.05) is 13.2 Å². The summed E-state index contributed by atoms with van der Waals surface area (Å²) in [6.45, 7) is 4.72. The fourth-order valence-electron chi connectivity index (χ4n) is 4.42. The van der Waals surface area contributed by atoms with Gasteiger partial charge in [0.2, 0.25) is 5.78 Å². The fraction of sp³-hybridized carbons (Fsp3) is 0.200. The van der Waals surface area contributed by atoms with Gasteiger partial charge in [0.15, 0.2) is 30.0 Å². The minimum atomic E-state index is -0.396. The van der Waals surface area contributed by atoms with Crippen LogP contribution in [0.3, 0.4) is 0 Å². The molecule has 37 heavy (non-hydrogen) atoms. The first-order valence-corrected chi connectivity index (χ1v) is 12.0. The van der Waals surface area contributed by atoms with Gasteiger partial charge in [-0.3, -0.25) is 9.59 Å². The number of carbonyl (C=O) groups is 2. The number of carbonyl (C=O) groups excluding carboxylic acids is 2. The Bertz CT molecular complexity index is 1440. The molecule has 0 fully saturated rings. The quantitative estimate of drug-likeness (QED) is 0.296. The Morgan fingerprint density at radius 1 is 0.946 bits per heavy atom. The molecular formula is C30H26FNO5. The van der Waals surface area contributed by atoms with Crippen LogP contribution in [-0.2, 0) is 6.54 Å². The number of Topliss-reactive ketones (excluding diaryl/α,β-unsaturated/α-hetero) is 1. The third kappa shape index (κ3) is 5.26. The number of fused-ring (bicyclic) bond motifs is 1. The van der Waals surface area contributed by atoms with Crippen molar-refractivity contribution in [3.05, 3.63) is 113 Å². The maximum absolute atomic E-state index is 13.1. The van der Waals surface area contributed by atoms with Gasteiger partial charge >= 0.3 is 0 Å². The average Bonchev–Trinajstić information content (AvgIpc) is 3.20. The van der Waals surface area contributed by atoms with Crippen LogP contribution in [0.5, 0.6) is 17.2 Å². The Morgan fingerprint density at radius 2 is 1.59 bits per heavy atom. The number of aromatic nitrogens is 1. The fourth-order valence-corrected chi connectivity index (χ4v) is 4.42. The Morgan fingerprint density at radius 3 is 2.30 bits per heavy atom. The van der Waals surface area contributed by atoms with Gasteiger partial charge in [-0.1, -0.05) is 12.1 Å². The number of hydrogen-bond donors (Lipinski definition) is 0. The summed E-state index contributed by atoms with van der Waals surface area (Å²) in [7, 11) is 0. The third-order valence-electron chi connectivity index (χ3n) is 6.42. The van der Waals surface area contributed by atoms with Crippen molar-refractivity contribution in [2.24, 2.45) is 0 Å². The molecular weight excluding hydrogens is 473 g/mol. The number of ether oxygens (including phenoxy) is 3. The van der Waals surface area contributed by atoms with Crippen molar-refractivity contribution < 1.29 is 28.2 Å². The van der Waals surface area contributed by atoms with Gasteiger partial charge in [0.25, 0.3) is 0 Å². The van der Waals surface area contributed by atoms with E-state index in [1.165, 1.54) is 24.3 Å². The first-order valence-electron chi connectivity index (χ1n) is 12.0. The van der Waals surface area contributed by atoms with Crippen molar-refractivity contribution in [3.8, 4) is 17.2 Å². The topological polar surface area (TPSA) is 66.8 Å². The van der Waals surface area contributed by atoms with Gasteiger partial charge < -0.3 is 18.8 Å². The Kier molecular flexibility index (Phi) is 6.77. The Hall–Kier alpha value is -4.39. The summed E-state index contributed by atoms with van der Waals surface area (Å²) < 4.78 is 32.8. The second-order valence-corrected chi connectivity index (χ2v) is 8.97. The van der Waals surface area contributed by atoms with E-state index in [0.717, 1.165) is 22.9 Å². The smallest absolute Gasteiger partial charge is 0.202 e. The van der Waals surface area contributed by atoms with Crippen molar-refractivity contribution in [1.29, 1.82) is 0 Å². The molecule has 1 aromatic heterocycles. The van der Waals surface area contributed by atoms with Crippen LogP contribution >= 0.6 is 0 Å². The van der Waals surface area contributed by atoms with E-state index >= 15 is 0 Å². The van der Waals surface area contributed by atoms with Crippen molar-refractivity contribution in [3.63, 3.8) is 0 Å². The summed E-state index contributed by atoms with van der Waals surface area (Å²) in [6.07, 6.45) is -0.171. The van der Waals surface area contributed by atoms with Gasteiger partial charge in [0, 0.05) is 28.1 Å². The van der Waals surface area contributed by atoms with Crippen LogP contribution in [-0.4, -0.2) is 35.5 Å². The molecule has 188 valence electrons. The van der Waals surface area contributed by atoms with Crippen LogP contribution < -0.4 is 14.2 Å². The molecule has 6 nitrogen and oxygen atoms in total. The summed E-state index contributed by atoms with van der Waals surface area (Å²) in [6, 6.07) is 21.4. The molecule has 5 rings (SSSR count). The highest BCUT2D eigenvalue weighted by Gasteiger charge is 2.24. The first kappa shape index (κ1) is 24.3. The number of aryl methyl sites for hydroxylation is 1. The number of benzene rings is 3. The van der Waals surface area contributed by atoms with Crippen molar-refractivity contribution >= 4 is 11.6 Å². The molecule has 0 N–H and O–H groups in total. The van der Waals surface area contributed by atoms with Gasteiger partial charge in [0.1, 0.15) is 18.2 Å². The summed E-state index contributed by atoms with van der Waals surface area (Å²) >= 11 is 0. The molecule has 1 aliphatic rings. The van der Waals surface area contributed by atoms with Crippen LogP contribution in [0.25, 0.3) is 0 Å². The van der Waals surface area contributed by atoms with E-state index in [-0.39, 0.29) is 24.3 Å². The molecule has 0 saturated heterocycles. The Labute approximate surface area is 214 Å². The SMILES string of the molecule is Cc1cc(C(=O)COc2ccc(C(=O)c3ccc(F)cc3)cc2)c(C)n1CC1COc2ccccc2O1. The molecule has 0 aliphatic carbocycles. The van der Waals surface area contributed by atoms with Gasteiger partial charge in [0.05, 0.1) is 6.54 Å². The van der Waals surface area contributed by atoms with E-state index in [9.17, 15) is 14.0 Å². The summed E-state index contributed by atoms with van der Waals surface area (Å²) in [4.78, 5) is 25.5. The highest BCUT2D eigenvalue weighted by Crippen LogP contribution is 2.31. The zero-order valence-corrected chi connectivity index (χ0v) is 20.6. The van der Waals surface area contributed by atoms with Gasteiger partial charge in [-0.25, -0.2) is 4.39 Å². The number of hydrogen-bond acceptors (Lipinski definition) is 5.